The summed E-state index contributed by atoms with van der Waals surface area (Å²) >= 11 is 0. The monoisotopic (exact) mass is 380 g/mol. The van der Waals surface area contributed by atoms with Gasteiger partial charge in [0.15, 0.2) is 11.5 Å². The molecule has 0 unspecified atom stereocenters. The van der Waals surface area contributed by atoms with Gasteiger partial charge in [-0.3, -0.25) is 14.4 Å². The van der Waals surface area contributed by atoms with Gasteiger partial charge in [-0.05, 0) is 43.3 Å². The van der Waals surface area contributed by atoms with Crippen molar-refractivity contribution in [1.29, 1.82) is 0 Å². The zero-order chi connectivity index (χ0) is 20.3. The first-order valence-electron chi connectivity index (χ1n) is 8.30. The normalized spacial score (nSPS) is 11.6. The van der Waals surface area contributed by atoms with Crippen LogP contribution in [-0.4, -0.2) is 23.9 Å². The van der Waals surface area contributed by atoms with Crippen LogP contribution in [-0.2, 0) is 9.53 Å². The van der Waals surface area contributed by atoms with Gasteiger partial charge in [-0.1, -0.05) is 12.1 Å². The van der Waals surface area contributed by atoms with E-state index >= 15 is 0 Å². The van der Waals surface area contributed by atoms with Gasteiger partial charge in [-0.25, -0.2) is 4.79 Å². The SMILES string of the molecule is C[C@H](OC(=O)c1cc(=O)c2ccccc2o1)C(=O)Nc1ccc(C(N)=O)cc1. The molecule has 2 amide bonds. The highest BCUT2D eigenvalue weighted by molar-refractivity contribution is 5.98. The van der Waals surface area contributed by atoms with Crippen molar-refractivity contribution in [1.82, 2.24) is 0 Å². The summed E-state index contributed by atoms with van der Waals surface area (Å²) in [6.07, 6.45) is -1.15. The van der Waals surface area contributed by atoms with Gasteiger partial charge in [0.25, 0.3) is 5.91 Å². The highest BCUT2D eigenvalue weighted by Gasteiger charge is 2.21. The summed E-state index contributed by atoms with van der Waals surface area (Å²) in [4.78, 5) is 47.6. The van der Waals surface area contributed by atoms with Gasteiger partial charge in [0.1, 0.15) is 5.58 Å². The van der Waals surface area contributed by atoms with Gasteiger partial charge < -0.3 is 20.2 Å². The van der Waals surface area contributed by atoms with Crippen molar-refractivity contribution in [3.8, 4) is 0 Å². The smallest absolute Gasteiger partial charge is 0.375 e. The van der Waals surface area contributed by atoms with E-state index in [-0.39, 0.29) is 16.8 Å². The average molecular weight is 380 g/mol. The van der Waals surface area contributed by atoms with E-state index in [0.29, 0.717) is 16.6 Å². The minimum absolute atomic E-state index is 0.244. The first kappa shape index (κ1) is 18.8. The Balaban J connectivity index is 1.69. The molecule has 1 aromatic heterocycles. The molecule has 3 rings (SSSR count). The molecule has 2 aromatic carbocycles. The number of nitrogens with one attached hydrogen (secondary N) is 1. The Morgan fingerprint density at radius 1 is 1.07 bits per heavy atom. The van der Waals surface area contributed by atoms with Crippen LogP contribution in [0.1, 0.15) is 27.8 Å². The highest BCUT2D eigenvalue weighted by Crippen LogP contribution is 2.14. The van der Waals surface area contributed by atoms with E-state index in [9.17, 15) is 19.2 Å². The first-order valence-corrected chi connectivity index (χ1v) is 8.30. The summed E-state index contributed by atoms with van der Waals surface area (Å²) in [7, 11) is 0. The molecule has 28 heavy (non-hydrogen) atoms. The van der Waals surface area contributed by atoms with Crippen LogP contribution < -0.4 is 16.5 Å². The van der Waals surface area contributed by atoms with Crippen LogP contribution in [0.4, 0.5) is 5.69 Å². The number of amides is 2. The second-order valence-corrected chi connectivity index (χ2v) is 5.95. The van der Waals surface area contributed by atoms with Crippen molar-refractivity contribution >= 4 is 34.4 Å². The van der Waals surface area contributed by atoms with E-state index in [1.54, 1.807) is 24.3 Å². The maximum Gasteiger partial charge on any atom is 0.375 e. The molecule has 8 nitrogen and oxygen atoms in total. The van der Waals surface area contributed by atoms with Gasteiger partial charge in [0.05, 0.1) is 5.39 Å². The van der Waals surface area contributed by atoms with Crippen LogP contribution >= 0.6 is 0 Å². The van der Waals surface area contributed by atoms with Gasteiger partial charge in [0.2, 0.25) is 11.7 Å². The molecule has 0 bridgehead atoms. The number of primary amides is 1. The second kappa shape index (κ2) is 7.75. The zero-order valence-electron chi connectivity index (χ0n) is 14.8. The molecule has 1 atom stereocenters. The highest BCUT2D eigenvalue weighted by atomic mass is 16.6. The Hall–Kier alpha value is -3.94. The maximum absolute atomic E-state index is 12.2. The molecule has 0 saturated carbocycles. The van der Waals surface area contributed by atoms with Crippen molar-refractivity contribution in [3.05, 3.63) is 76.1 Å². The molecule has 142 valence electrons. The Labute approximate surface area is 158 Å². The number of carbonyl (C=O) groups excluding carboxylic acids is 3. The number of ether oxygens (including phenoxy) is 1. The molecular weight excluding hydrogens is 364 g/mol. The number of fused-ring (bicyclic) bond motifs is 1. The largest absolute Gasteiger partial charge is 0.449 e. The number of benzene rings is 2. The minimum atomic E-state index is -1.15. The van der Waals surface area contributed by atoms with Crippen molar-refractivity contribution < 1.29 is 23.5 Å². The van der Waals surface area contributed by atoms with Crippen molar-refractivity contribution in [2.45, 2.75) is 13.0 Å². The van der Waals surface area contributed by atoms with Crippen LogP contribution in [0.5, 0.6) is 0 Å². The summed E-state index contributed by atoms with van der Waals surface area (Å²) in [5, 5.41) is 2.88. The molecule has 3 N–H and O–H groups in total. The first-order chi connectivity index (χ1) is 13.3. The molecular formula is C20H16N2O6. The van der Waals surface area contributed by atoms with E-state index < -0.39 is 23.9 Å². The fourth-order valence-corrected chi connectivity index (χ4v) is 2.44. The standard InChI is InChI=1S/C20H16N2O6/c1-11(19(25)22-13-8-6-12(7-9-13)18(21)24)27-20(26)17-10-15(23)14-4-2-3-5-16(14)28-17/h2-11H,1H3,(H2,21,24)(H,22,25)/t11-/m0/s1. The van der Waals surface area contributed by atoms with E-state index in [4.69, 9.17) is 14.9 Å². The number of para-hydroxylation sites is 1. The van der Waals surface area contributed by atoms with Crippen molar-refractivity contribution in [2.75, 3.05) is 5.32 Å². The lowest BCUT2D eigenvalue weighted by atomic mass is 10.2. The number of nitrogens with two attached hydrogens (primary N) is 1. The molecule has 8 heteroatoms. The van der Waals surface area contributed by atoms with Crippen LogP contribution in [0.15, 0.2) is 63.8 Å². The Morgan fingerprint density at radius 3 is 2.43 bits per heavy atom. The topological polar surface area (TPSA) is 129 Å². The summed E-state index contributed by atoms with van der Waals surface area (Å²) in [6, 6.07) is 13.4. The third-order valence-electron chi connectivity index (χ3n) is 3.93. The minimum Gasteiger partial charge on any atom is -0.449 e. The van der Waals surface area contributed by atoms with Gasteiger partial charge in [0, 0.05) is 17.3 Å². The maximum atomic E-state index is 12.2. The summed E-state index contributed by atoms with van der Waals surface area (Å²) in [5.74, 6) is -2.41. The molecule has 3 aromatic rings. The van der Waals surface area contributed by atoms with Gasteiger partial charge >= 0.3 is 5.97 Å². The second-order valence-electron chi connectivity index (χ2n) is 5.95. The molecule has 0 spiro atoms. The third kappa shape index (κ3) is 4.07. The summed E-state index contributed by atoms with van der Waals surface area (Å²) < 4.78 is 10.5. The van der Waals surface area contributed by atoms with Crippen molar-refractivity contribution in [2.24, 2.45) is 5.73 Å². The predicted octanol–water partition coefficient (Wildman–Crippen LogP) is 2.08. The Kier molecular flexibility index (Phi) is 5.21. The van der Waals surface area contributed by atoms with Gasteiger partial charge in [-0.2, -0.15) is 0 Å². The van der Waals surface area contributed by atoms with E-state index in [1.807, 2.05) is 0 Å². The van der Waals surface area contributed by atoms with E-state index in [0.717, 1.165) is 6.07 Å². The Morgan fingerprint density at radius 2 is 1.75 bits per heavy atom. The molecule has 0 aliphatic carbocycles. The van der Waals surface area contributed by atoms with Crippen molar-refractivity contribution in [3.63, 3.8) is 0 Å². The number of rotatable bonds is 5. The summed E-state index contributed by atoms with van der Waals surface area (Å²) in [6.45, 7) is 1.38. The van der Waals surface area contributed by atoms with E-state index in [2.05, 4.69) is 5.32 Å². The van der Waals surface area contributed by atoms with Crippen LogP contribution in [0.25, 0.3) is 11.0 Å². The lowest BCUT2D eigenvalue weighted by Crippen LogP contribution is -2.30. The Bertz CT molecular complexity index is 1120. The van der Waals surface area contributed by atoms with Crippen LogP contribution in [0.3, 0.4) is 0 Å². The average Bonchev–Trinajstić information content (AvgIpc) is 2.68. The number of hydrogen-bond acceptors (Lipinski definition) is 6. The van der Waals surface area contributed by atoms with Crippen LogP contribution in [0, 0.1) is 0 Å². The molecule has 0 aliphatic heterocycles. The number of esters is 1. The molecule has 0 fully saturated rings. The summed E-state index contributed by atoms with van der Waals surface area (Å²) in [5.41, 5.74) is 5.70. The number of anilines is 1. The quantitative estimate of drug-likeness (QED) is 0.652. The zero-order valence-corrected chi connectivity index (χ0v) is 14.8. The lowest BCUT2D eigenvalue weighted by molar-refractivity contribution is -0.123. The molecule has 1 heterocycles. The molecule has 0 saturated heterocycles. The molecule has 0 radical (unpaired) electrons. The third-order valence-corrected chi connectivity index (χ3v) is 3.93. The van der Waals surface area contributed by atoms with Gasteiger partial charge in [-0.15, -0.1) is 0 Å². The lowest BCUT2D eigenvalue weighted by Gasteiger charge is -2.13. The predicted molar refractivity (Wildman–Crippen MR) is 101 cm³/mol. The fourth-order valence-electron chi connectivity index (χ4n) is 2.44. The molecule has 0 aliphatic rings. The fraction of sp³-hybridized carbons (Fsp3) is 0.100. The number of carbonyl (C=O) groups is 3. The van der Waals surface area contributed by atoms with Crippen LogP contribution in [0.2, 0.25) is 0 Å². The van der Waals surface area contributed by atoms with E-state index in [1.165, 1.54) is 31.2 Å². The number of hydrogen-bond donors (Lipinski definition) is 2.